The SMILES string of the molecule is C.CCCCC(CC)CC1=C2c3cc(C)c4ccccc4c3-c3c2c(c(C)c2ccccc32)CC1. The molecular weight excluding hydrogens is 420 g/mol. The summed E-state index contributed by atoms with van der Waals surface area (Å²) in [5.41, 5.74) is 13.9. The molecule has 6 rings (SSSR count). The summed E-state index contributed by atoms with van der Waals surface area (Å²) in [6.07, 6.45) is 8.98. The van der Waals surface area contributed by atoms with Gasteiger partial charge >= 0.3 is 0 Å². The molecule has 0 heteroatoms. The molecule has 2 aliphatic carbocycles. The summed E-state index contributed by atoms with van der Waals surface area (Å²) in [5, 5.41) is 5.69. The Labute approximate surface area is 212 Å². The van der Waals surface area contributed by atoms with Crippen LogP contribution < -0.4 is 0 Å². The molecule has 4 aromatic carbocycles. The Bertz CT molecular complexity index is 1460. The highest BCUT2D eigenvalue weighted by atomic mass is 14.4. The largest absolute Gasteiger partial charge is 0.0776 e. The van der Waals surface area contributed by atoms with Gasteiger partial charge in [-0.25, -0.2) is 0 Å². The molecule has 0 aliphatic heterocycles. The first kappa shape index (κ1) is 23.9. The second kappa shape index (κ2) is 9.30. The van der Waals surface area contributed by atoms with Crippen LogP contribution in [0.5, 0.6) is 0 Å². The minimum atomic E-state index is 0. The molecule has 0 radical (unpaired) electrons. The average molecular weight is 461 g/mol. The first-order valence-electron chi connectivity index (χ1n) is 13.4. The van der Waals surface area contributed by atoms with Gasteiger partial charge in [-0.3, -0.25) is 0 Å². The number of fused-ring (bicyclic) bond motifs is 7. The van der Waals surface area contributed by atoms with E-state index in [0.29, 0.717) is 0 Å². The average Bonchev–Trinajstić information content (AvgIpc) is 3.21. The zero-order chi connectivity index (χ0) is 23.4. The van der Waals surface area contributed by atoms with Gasteiger partial charge in [-0.05, 0) is 105 Å². The molecule has 0 nitrogen and oxygen atoms in total. The molecule has 4 aromatic rings. The molecule has 0 fully saturated rings. The maximum absolute atomic E-state index is 2.51. The number of hydrogen-bond donors (Lipinski definition) is 0. The first-order valence-corrected chi connectivity index (χ1v) is 13.4. The van der Waals surface area contributed by atoms with E-state index in [0.717, 1.165) is 5.92 Å². The molecule has 0 saturated carbocycles. The van der Waals surface area contributed by atoms with E-state index in [2.05, 4.69) is 82.3 Å². The fourth-order valence-electron chi connectivity index (χ4n) is 6.93. The summed E-state index contributed by atoms with van der Waals surface area (Å²) in [6, 6.07) is 20.7. The van der Waals surface area contributed by atoms with Crippen molar-refractivity contribution in [2.75, 3.05) is 0 Å². The van der Waals surface area contributed by atoms with Crippen LogP contribution in [0.4, 0.5) is 0 Å². The topological polar surface area (TPSA) is 0 Å². The third-order valence-corrected chi connectivity index (χ3v) is 8.73. The number of hydrogen-bond acceptors (Lipinski definition) is 0. The van der Waals surface area contributed by atoms with Gasteiger partial charge in [0.05, 0.1) is 0 Å². The molecule has 35 heavy (non-hydrogen) atoms. The number of allylic oxidation sites excluding steroid dienone is 1. The molecule has 0 bridgehead atoms. The molecule has 2 aliphatic rings. The van der Waals surface area contributed by atoms with Crippen LogP contribution in [0.25, 0.3) is 38.2 Å². The maximum Gasteiger partial charge on any atom is -0.00111 e. The summed E-state index contributed by atoms with van der Waals surface area (Å²) in [4.78, 5) is 0. The van der Waals surface area contributed by atoms with Crippen LogP contribution in [0.3, 0.4) is 0 Å². The van der Waals surface area contributed by atoms with Crippen LogP contribution in [-0.4, -0.2) is 0 Å². The highest BCUT2D eigenvalue weighted by molar-refractivity contribution is 6.20. The Morgan fingerprint density at radius 3 is 2.11 bits per heavy atom. The zero-order valence-corrected chi connectivity index (χ0v) is 21.2. The van der Waals surface area contributed by atoms with Crippen LogP contribution in [0.2, 0.25) is 0 Å². The van der Waals surface area contributed by atoms with Gasteiger partial charge in [0, 0.05) is 0 Å². The minimum absolute atomic E-state index is 0. The fraction of sp³-hybridized carbons (Fsp3) is 0.371. The molecule has 0 spiro atoms. The molecule has 1 unspecified atom stereocenters. The third kappa shape index (κ3) is 3.56. The minimum Gasteiger partial charge on any atom is -0.0776 e. The summed E-state index contributed by atoms with van der Waals surface area (Å²) >= 11 is 0. The van der Waals surface area contributed by atoms with Crippen molar-refractivity contribution in [2.45, 2.75) is 80.1 Å². The number of unbranched alkanes of at least 4 members (excludes halogenated alkanes) is 1. The fourth-order valence-corrected chi connectivity index (χ4v) is 6.93. The number of rotatable bonds is 6. The van der Waals surface area contributed by atoms with Crippen LogP contribution in [0.15, 0.2) is 60.2 Å². The van der Waals surface area contributed by atoms with Crippen molar-refractivity contribution in [1.29, 1.82) is 0 Å². The van der Waals surface area contributed by atoms with Gasteiger partial charge < -0.3 is 0 Å². The lowest BCUT2D eigenvalue weighted by Crippen LogP contribution is -2.10. The van der Waals surface area contributed by atoms with Crippen molar-refractivity contribution in [3.8, 4) is 11.1 Å². The van der Waals surface area contributed by atoms with Gasteiger partial charge in [-0.1, -0.05) is 107 Å². The van der Waals surface area contributed by atoms with Crippen LogP contribution >= 0.6 is 0 Å². The second-order valence-electron chi connectivity index (χ2n) is 10.7. The van der Waals surface area contributed by atoms with E-state index in [4.69, 9.17) is 0 Å². The smallest absolute Gasteiger partial charge is 0.00111 e. The Hall–Kier alpha value is -2.86. The standard InChI is InChI=1S/C34H36.CH4/c1-5-7-12-23(6-2)20-24-17-18-27-22(4)26-14-9-11-16-29(26)34-32-28-15-10-8-13-25(28)21(3)19-30(32)31(24)33(27)34;/h8-11,13-16,19,23H,5-7,12,17-18,20H2,1-4H3;1H4. The molecule has 0 aromatic heterocycles. The molecule has 0 saturated heterocycles. The van der Waals surface area contributed by atoms with Gasteiger partial charge in [-0.15, -0.1) is 0 Å². The van der Waals surface area contributed by atoms with E-state index < -0.39 is 0 Å². The van der Waals surface area contributed by atoms with Crippen molar-refractivity contribution < 1.29 is 0 Å². The molecule has 0 N–H and O–H groups in total. The monoisotopic (exact) mass is 460 g/mol. The van der Waals surface area contributed by atoms with Crippen molar-refractivity contribution in [3.05, 3.63) is 88.0 Å². The quantitative estimate of drug-likeness (QED) is 0.236. The van der Waals surface area contributed by atoms with Gasteiger partial charge in [0.2, 0.25) is 0 Å². The van der Waals surface area contributed by atoms with E-state index in [1.54, 1.807) is 22.3 Å². The zero-order valence-electron chi connectivity index (χ0n) is 21.2. The Balaban J connectivity index is 0.00000253. The summed E-state index contributed by atoms with van der Waals surface area (Å²) < 4.78 is 0. The number of benzene rings is 4. The second-order valence-corrected chi connectivity index (χ2v) is 10.7. The molecular formula is C35H40. The molecule has 1 atom stereocenters. The Morgan fingerprint density at radius 2 is 1.43 bits per heavy atom. The normalized spacial score (nSPS) is 14.7. The van der Waals surface area contributed by atoms with E-state index in [1.165, 1.54) is 94.3 Å². The van der Waals surface area contributed by atoms with Gasteiger partial charge in [0.25, 0.3) is 0 Å². The molecule has 0 heterocycles. The molecule has 0 amide bonds. The Morgan fingerprint density at radius 1 is 0.771 bits per heavy atom. The lowest BCUT2D eigenvalue weighted by Gasteiger charge is -2.27. The predicted molar refractivity (Wildman–Crippen MR) is 155 cm³/mol. The van der Waals surface area contributed by atoms with E-state index in [-0.39, 0.29) is 7.43 Å². The van der Waals surface area contributed by atoms with E-state index in [9.17, 15) is 0 Å². The van der Waals surface area contributed by atoms with Crippen molar-refractivity contribution in [3.63, 3.8) is 0 Å². The van der Waals surface area contributed by atoms with Crippen molar-refractivity contribution >= 4 is 27.1 Å². The lowest BCUT2D eigenvalue weighted by molar-refractivity contribution is 0.443. The summed E-state index contributed by atoms with van der Waals surface area (Å²) in [7, 11) is 0. The van der Waals surface area contributed by atoms with E-state index in [1.807, 2.05) is 0 Å². The van der Waals surface area contributed by atoms with Crippen LogP contribution in [0.1, 0.15) is 87.6 Å². The Kier molecular flexibility index (Phi) is 6.34. The van der Waals surface area contributed by atoms with E-state index >= 15 is 0 Å². The van der Waals surface area contributed by atoms with Gasteiger partial charge in [0.1, 0.15) is 0 Å². The summed E-state index contributed by atoms with van der Waals surface area (Å²) in [5.74, 6) is 0.805. The first-order chi connectivity index (χ1) is 16.6. The predicted octanol–water partition coefficient (Wildman–Crippen LogP) is 10.6. The highest BCUT2D eigenvalue weighted by Crippen LogP contribution is 2.57. The van der Waals surface area contributed by atoms with Gasteiger partial charge in [0.15, 0.2) is 0 Å². The summed E-state index contributed by atoms with van der Waals surface area (Å²) in [6.45, 7) is 9.39. The van der Waals surface area contributed by atoms with Crippen molar-refractivity contribution in [2.24, 2.45) is 5.92 Å². The molecule has 180 valence electrons. The van der Waals surface area contributed by atoms with Gasteiger partial charge in [-0.2, -0.15) is 0 Å². The highest BCUT2D eigenvalue weighted by Gasteiger charge is 2.35. The third-order valence-electron chi connectivity index (χ3n) is 8.73. The maximum atomic E-state index is 2.51. The number of aryl methyl sites for hydroxylation is 2. The van der Waals surface area contributed by atoms with Crippen molar-refractivity contribution in [1.82, 2.24) is 0 Å². The van der Waals surface area contributed by atoms with Crippen LogP contribution in [-0.2, 0) is 6.42 Å². The lowest BCUT2D eigenvalue weighted by atomic mass is 9.77. The van der Waals surface area contributed by atoms with Crippen LogP contribution in [0, 0.1) is 19.8 Å².